The molecule has 28 heavy (non-hydrogen) atoms. The number of nitrogens with two attached hydrogens (primary N) is 1. The average Bonchev–Trinajstić information content (AvgIpc) is 2.68. The molecule has 0 aliphatic heterocycles. The smallest absolute Gasteiger partial charge is 1.00 e. The van der Waals surface area contributed by atoms with Crippen molar-refractivity contribution >= 4 is 17.7 Å². The summed E-state index contributed by atoms with van der Waals surface area (Å²) in [5, 5.41) is 0. The zero-order valence-electron chi connectivity index (χ0n) is 20.3. The van der Waals surface area contributed by atoms with E-state index in [9.17, 15) is 4.79 Å². The number of ether oxygens (including phenoxy) is 1. The Morgan fingerprint density at radius 1 is 0.821 bits per heavy atom. The van der Waals surface area contributed by atoms with Gasteiger partial charge in [0.05, 0.1) is 6.61 Å². The number of esters is 1. The Morgan fingerprint density at radius 3 is 1.61 bits per heavy atom. The summed E-state index contributed by atoms with van der Waals surface area (Å²) >= 11 is 1.71. The predicted molar refractivity (Wildman–Crippen MR) is 123 cm³/mol. The van der Waals surface area contributed by atoms with Crippen molar-refractivity contribution in [1.82, 2.24) is 0 Å². The van der Waals surface area contributed by atoms with Gasteiger partial charge in [0, 0.05) is 0 Å². The van der Waals surface area contributed by atoms with Crippen LogP contribution >= 0.6 is 11.8 Å². The van der Waals surface area contributed by atoms with Crippen LogP contribution in [0, 0.1) is 0 Å². The predicted octanol–water partition coefficient (Wildman–Crippen LogP) is 3.99. The molecule has 5 heteroatoms. The van der Waals surface area contributed by atoms with E-state index in [4.69, 9.17) is 10.5 Å². The minimum Gasteiger partial charge on any atom is -1.00 e. The molecule has 0 spiro atoms. The second kappa shape index (κ2) is 25.8. The van der Waals surface area contributed by atoms with E-state index in [1.54, 1.807) is 11.8 Å². The summed E-state index contributed by atoms with van der Waals surface area (Å²) in [5.74, 6) is 0.681. The molecule has 0 heterocycles. The van der Waals surface area contributed by atoms with E-state index in [2.05, 4.69) is 6.92 Å². The van der Waals surface area contributed by atoms with E-state index in [0.29, 0.717) is 13.0 Å². The molecular weight excluding hydrogens is 377 g/mol. The van der Waals surface area contributed by atoms with Crippen molar-refractivity contribution in [3.63, 3.8) is 0 Å². The molecule has 0 aromatic rings. The second-order valence-corrected chi connectivity index (χ2v) is 8.84. The Bertz CT molecular complexity index is 325. The van der Waals surface area contributed by atoms with Gasteiger partial charge in [-0.1, -0.05) is 103 Å². The van der Waals surface area contributed by atoms with Gasteiger partial charge in [-0.05, 0) is 24.9 Å². The maximum Gasteiger partial charge on any atom is 1.00 e. The summed E-state index contributed by atoms with van der Waals surface area (Å²) in [4.78, 5) is 11.7. The van der Waals surface area contributed by atoms with Crippen molar-refractivity contribution in [1.29, 1.82) is 0 Å². The first-order valence-corrected chi connectivity index (χ1v) is 13.0. The monoisotopic (exact) mass is 425 g/mol. The molecule has 0 amide bonds. The molecule has 0 saturated carbocycles. The van der Waals surface area contributed by atoms with E-state index >= 15 is 0 Å². The fourth-order valence-corrected chi connectivity index (χ4v) is 3.78. The molecule has 0 aliphatic rings. The van der Waals surface area contributed by atoms with Gasteiger partial charge in [0.1, 0.15) is 6.04 Å². The first-order valence-electron chi connectivity index (χ1n) is 11.6. The third-order valence-corrected chi connectivity index (χ3v) is 5.82. The van der Waals surface area contributed by atoms with Crippen LogP contribution in [-0.4, -0.2) is 30.6 Å². The summed E-state index contributed by atoms with van der Waals surface area (Å²) < 4.78 is 5.25. The number of unbranched alkanes of at least 4 members (excludes halogenated alkanes) is 15. The van der Waals surface area contributed by atoms with Crippen LogP contribution in [0.15, 0.2) is 0 Å². The molecule has 0 rings (SSSR count). The number of carbonyl (C=O) groups is 1. The van der Waals surface area contributed by atoms with Crippen LogP contribution in [0.4, 0.5) is 0 Å². The van der Waals surface area contributed by atoms with E-state index in [1.807, 2.05) is 6.26 Å². The molecule has 0 saturated heterocycles. The van der Waals surface area contributed by atoms with E-state index in [0.717, 1.165) is 18.6 Å². The molecule has 0 aromatic heterocycles. The summed E-state index contributed by atoms with van der Waals surface area (Å²) in [6.45, 7) is 2.81. The zero-order chi connectivity index (χ0) is 20.0. The molecule has 0 aliphatic carbocycles. The van der Waals surface area contributed by atoms with Crippen LogP contribution in [0.25, 0.3) is 0 Å². The molecule has 1 atom stereocenters. The molecule has 164 valence electrons. The van der Waals surface area contributed by atoms with Gasteiger partial charge < -0.3 is 11.9 Å². The molecule has 0 unspecified atom stereocenters. The molecule has 0 fully saturated rings. The maximum absolute atomic E-state index is 11.7. The van der Waals surface area contributed by atoms with Crippen LogP contribution in [0.3, 0.4) is 0 Å². The number of hydrogen-bond donors (Lipinski definition) is 1. The number of carbonyl (C=O) groups excluding carboxylic acids is 1. The molecular formula is C23H48NNaO2S. The fraction of sp³-hybridized carbons (Fsp3) is 0.957. The SMILES string of the molecule is CCCCCCCCCCCCCCCCCCOC(=O)[C@@H](N)CCSC.[H-].[Na+]. The quantitative estimate of drug-likeness (QED) is 0.172. The van der Waals surface area contributed by atoms with Crippen LogP contribution < -0.4 is 35.3 Å². The molecule has 0 aromatic carbocycles. The largest absolute Gasteiger partial charge is 1.00 e. The van der Waals surface area contributed by atoms with Crippen molar-refractivity contribution in [2.75, 3.05) is 18.6 Å². The van der Waals surface area contributed by atoms with E-state index < -0.39 is 6.04 Å². The maximum atomic E-state index is 11.7. The minimum absolute atomic E-state index is 0. The number of rotatable bonds is 21. The van der Waals surface area contributed by atoms with Gasteiger partial charge in [-0.2, -0.15) is 11.8 Å². The van der Waals surface area contributed by atoms with Crippen molar-refractivity contribution < 1.29 is 40.5 Å². The molecule has 0 bridgehead atoms. The summed E-state index contributed by atoms with van der Waals surface area (Å²) in [6.07, 6.45) is 24.4. The van der Waals surface area contributed by atoms with Gasteiger partial charge in [-0.25, -0.2) is 0 Å². The zero-order valence-corrected chi connectivity index (χ0v) is 22.1. The van der Waals surface area contributed by atoms with Gasteiger partial charge in [0.2, 0.25) is 0 Å². The van der Waals surface area contributed by atoms with Crippen molar-refractivity contribution in [2.24, 2.45) is 5.73 Å². The Hall–Kier alpha value is 0.780. The Morgan fingerprint density at radius 2 is 1.21 bits per heavy atom. The third-order valence-electron chi connectivity index (χ3n) is 5.18. The normalized spacial score (nSPS) is 11.8. The van der Waals surface area contributed by atoms with Gasteiger partial charge >= 0.3 is 35.5 Å². The van der Waals surface area contributed by atoms with Crippen LogP contribution in [0.5, 0.6) is 0 Å². The van der Waals surface area contributed by atoms with Crippen LogP contribution in [0.1, 0.15) is 118 Å². The van der Waals surface area contributed by atoms with Gasteiger partial charge in [0.25, 0.3) is 0 Å². The van der Waals surface area contributed by atoms with E-state index in [-0.39, 0.29) is 37.0 Å². The Balaban J connectivity index is -0.00000338. The first kappa shape index (κ1) is 31.0. The van der Waals surface area contributed by atoms with Crippen LogP contribution in [-0.2, 0) is 9.53 Å². The number of thioether (sulfide) groups is 1. The molecule has 3 nitrogen and oxygen atoms in total. The van der Waals surface area contributed by atoms with E-state index in [1.165, 1.54) is 89.9 Å². The number of hydrogen-bond acceptors (Lipinski definition) is 4. The first-order chi connectivity index (χ1) is 13.2. The van der Waals surface area contributed by atoms with Gasteiger partial charge in [-0.3, -0.25) is 4.79 Å². The van der Waals surface area contributed by atoms with Crippen molar-refractivity contribution in [3.05, 3.63) is 0 Å². The van der Waals surface area contributed by atoms with Crippen molar-refractivity contribution in [3.8, 4) is 0 Å². The van der Waals surface area contributed by atoms with Gasteiger partial charge in [-0.15, -0.1) is 0 Å². The fourth-order valence-electron chi connectivity index (χ4n) is 3.29. The molecule has 2 N–H and O–H groups in total. The van der Waals surface area contributed by atoms with Crippen LogP contribution in [0.2, 0.25) is 0 Å². The standard InChI is InChI=1S/C23H47NO2S.Na.H/c1-3-4-5-6-7-8-9-10-11-12-13-14-15-16-17-18-20-26-23(25)22(24)19-21-27-2;;/h22H,3-21,24H2,1-2H3;;/q;+1;-1/t22-;;/m0../s1. The summed E-state index contributed by atoms with van der Waals surface area (Å²) in [6, 6.07) is -0.446. The van der Waals surface area contributed by atoms with Gasteiger partial charge in [0.15, 0.2) is 0 Å². The topological polar surface area (TPSA) is 52.3 Å². The summed E-state index contributed by atoms with van der Waals surface area (Å²) in [7, 11) is 0. The average molecular weight is 426 g/mol. The summed E-state index contributed by atoms with van der Waals surface area (Å²) in [5.41, 5.74) is 5.79. The Labute approximate surface area is 203 Å². The minimum atomic E-state index is -0.446. The third kappa shape index (κ3) is 23.1. The molecule has 0 radical (unpaired) electrons. The van der Waals surface area contributed by atoms with Crippen molar-refractivity contribution in [2.45, 2.75) is 122 Å². The Kier molecular flexibility index (Phi) is 28.6. The second-order valence-electron chi connectivity index (χ2n) is 7.86.